The monoisotopic (exact) mass is 327 g/mol. The van der Waals surface area contributed by atoms with E-state index in [1.165, 1.54) is 6.92 Å². The minimum Gasteiger partial charge on any atom is -0.356 e. The molecule has 5 nitrogen and oxygen atoms in total. The maximum Gasteiger partial charge on any atom is 0.270 e. The Kier molecular flexibility index (Phi) is 4.00. The van der Waals surface area contributed by atoms with Crippen LogP contribution in [0.1, 0.15) is 45.7 Å². The second-order valence-electron chi connectivity index (χ2n) is 5.47. The number of aromatic nitrogens is 2. The molecule has 3 aromatic rings. The molecule has 0 aliphatic carbocycles. The van der Waals surface area contributed by atoms with E-state index >= 15 is 0 Å². The molecule has 6 heteroatoms. The quantitative estimate of drug-likeness (QED) is 0.744. The summed E-state index contributed by atoms with van der Waals surface area (Å²) in [6.45, 7) is 3.43. The van der Waals surface area contributed by atoms with Crippen LogP contribution < -0.4 is 0 Å². The molecule has 0 aliphatic heterocycles. The molecule has 118 valence electrons. The summed E-state index contributed by atoms with van der Waals surface area (Å²) in [6.07, 6.45) is 1.56. The van der Waals surface area contributed by atoms with Gasteiger partial charge in [-0.15, -0.1) is 11.3 Å². The number of nitrogens with one attached hydrogen (secondary N) is 1. The number of fused-ring (bicyclic) bond motifs is 1. The third kappa shape index (κ3) is 2.90. The molecule has 0 fully saturated rings. The second-order valence-corrected chi connectivity index (χ2v) is 6.53. The highest BCUT2D eigenvalue weighted by molar-refractivity contribution is 7.18. The van der Waals surface area contributed by atoms with E-state index in [9.17, 15) is 9.59 Å². The van der Waals surface area contributed by atoms with E-state index in [1.807, 2.05) is 31.2 Å². The van der Waals surface area contributed by atoms with Gasteiger partial charge in [-0.2, -0.15) is 0 Å². The van der Waals surface area contributed by atoms with Crippen molar-refractivity contribution < 1.29 is 9.59 Å². The molecule has 1 atom stereocenters. The van der Waals surface area contributed by atoms with Crippen LogP contribution in [-0.4, -0.2) is 33.6 Å². The molecule has 2 heterocycles. The Morgan fingerprint density at radius 3 is 2.70 bits per heavy atom. The van der Waals surface area contributed by atoms with Gasteiger partial charge in [0, 0.05) is 18.8 Å². The van der Waals surface area contributed by atoms with Crippen LogP contribution in [0.25, 0.3) is 10.2 Å². The molecule has 1 amide bonds. The molecule has 0 spiro atoms. The number of aromatic amines is 1. The summed E-state index contributed by atoms with van der Waals surface area (Å²) in [7, 11) is 1.74. The van der Waals surface area contributed by atoms with E-state index in [2.05, 4.69) is 9.97 Å². The molecular formula is C17H17N3O2S. The zero-order valence-corrected chi connectivity index (χ0v) is 14.0. The van der Waals surface area contributed by atoms with Gasteiger partial charge in [0.15, 0.2) is 5.78 Å². The number of hydrogen-bond acceptors (Lipinski definition) is 4. The average Bonchev–Trinajstić information content (AvgIpc) is 3.19. The zero-order chi connectivity index (χ0) is 16.6. The molecular weight excluding hydrogens is 310 g/mol. The van der Waals surface area contributed by atoms with Gasteiger partial charge in [-0.25, -0.2) is 4.98 Å². The van der Waals surface area contributed by atoms with Crippen molar-refractivity contribution in [3.05, 3.63) is 52.8 Å². The molecule has 1 aromatic carbocycles. The molecule has 3 rings (SSSR count). The first-order chi connectivity index (χ1) is 11.0. The van der Waals surface area contributed by atoms with Crippen LogP contribution in [0.2, 0.25) is 0 Å². The first kappa shape index (κ1) is 15.4. The largest absolute Gasteiger partial charge is 0.356 e. The standard InChI is InChI=1S/C17H17N3O2S/c1-10(16-19-13-6-4-5-7-15(13)23-16)20(3)17(22)14-8-12(9-18-14)11(2)21/h4-10,18H,1-3H3/t10-/m0/s1. The molecule has 0 unspecified atom stereocenters. The number of H-pyrrole nitrogens is 1. The summed E-state index contributed by atoms with van der Waals surface area (Å²) in [5.41, 5.74) is 1.86. The lowest BCUT2D eigenvalue weighted by Gasteiger charge is -2.22. The smallest absolute Gasteiger partial charge is 0.270 e. The van der Waals surface area contributed by atoms with Gasteiger partial charge in [0.2, 0.25) is 0 Å². The Morgan fingerprint density at radius 1 is 1.30 bits per heavy atom. The fourth-order valence-electron chi connectivity index (χ4n) is 2.32. The van der Waals surface area contributed by atoms with E-state index in [0.29, 0.717) is 11.3 Å². The van der Waals surface area contributed by atoms with Crippen molar-refractivity contribution in [3.63, 3.8) is 0 Å². The fourth-order valence-corrected chi connectivity index (χ4v) is 3.38. The van der Waals surface area contributed by atoms with Crippen molar-refractivity contribution >= 4 is 33.2 Å². The van der Waals surface area contributed by atoms with Crippen LogP contribution in [0.5, 0.6) is 0 Å². The van der Waals surface area contributed by atoms with Gasteiger partial charge < -0.3 is 9.88 Å². The number of amides is 1. The number of nitrogens with zero attached hydrogens (tertiary/aromatic N) is 2. The molecule has 0 aliphatic rings. The van der Waals surface area contributed by atoms with Gasteiger partial charge >= 0.3 is 0 Å². The third-order valence-corrected chi connectivity index (χ3v) is 5.10. The molecule has 0 saturated heterocycles. The Hall–Kier alpha value is -2.47. The number of hydrogen-bond donors (Lipinski definition) is 1. The van der Waals surface area contributed by atoms with Crippen LogP contribution >= 0.6 is 11.3 Å². The summed E-state index contributed by atoms with van der Waals surface area (Å²) in [6, 6.07) is 9.36. The van der Waals surface area contributed by atoms with Crippen molar-refractivity contribution in [2.75, 3.05) is 7.05 Å². The Bertz CT molecular complexity index is 848. The topological polar surface area (TPSA) is 66.1 Å². The van der Waals surface area contributed by atoms with Gasteiger partial charge in [-0.05, 0) is 32.0 Å². The van der Waals surface area contributed by atoms with E-state index in [0.717, 1.165) is 15.2 Å². The van der Waals surface area contributed by atoms with Gasteiger partial charge in [-0.3, -0.25) is 9.59 Å². The van der Waals surface area contributed by atoms with Gasteiger partial charge in [0.1, 0.15) is 10.7 Å². The van der Waals surface area contributed by atoms with Gasteiger partial charge in [0.25, 0.3) is 5.91 Å². The van der Waals surface area contributed by atoms with Crippen molar-refractivity contribution in [2.24, 2.45) is 0 Å². The minimum atomic E-state index is -0.163. The number of ketones is 1. The fraction of sp³-hybridized carbons (Fsp3) is 0.235. The first-order valence-corrected chi connectivity index (χ1v) is 8.11. The number of benzene rings is 1. The van der Waals surface area contributed by atoms with Crippen molar-refractivity contribution in [2.45, 2.75) is 19.9 Å². The number of carbonyl (C=O) groups is 2. The zero-order valence-electron chi connectivity index (χ0n) is 13.2. The van der Waals surface area contributed by atoms with Crippen LogP contribution in [0.4, 0.5) is 0 Å². The molecule has 23 heavy (non-hydrogen) atoms. The highest BCUT2D eigenvalue weighted by Crippen LogP contribution is 2.29. The predicted octanol–water partition coefficient (Wildman–Crippen LogP) is 3.66. The van der Waals surface area contributed by atoms with E-state index in [1.54, 1.807) is 35.5 Å². The lowest BCUT2D eigenvalue weighted by Crippen LogP contribution is -2.29. The number of rotatable bonds is 4. The molecule has 0 radical (unpaired) electrons. The highest BCUT2D eigenvalue weighted by Gasteiger charge is 2.23. The summed E-state index contributed by atoms with van der Waals surface area (Å²) < 4.78 is 1.11. The Morgan fingerprint density at radius 2 is 2.04 bits per heavy atom. The molecule has 0 bridgehead atoms. The molecule has 2 aromatic heterocycles. The van der Waals surface area contributed by atoms with E-state index < -0.39 is 0 Å². The van der Waals surface area contributed by atoms with Crippen LogP contribution in [0, 0.1) is 0 Å². The summed E-state index contributed by atoms with van der Waals surface area (Å²) in [5, 5.41) is 0.889. The number of carbonyl (C=O) groups excluding carboxylic acids is 2. The maximum absolute atomic E-state index is 12.6. The van der Waals surface area contributed by atoms with E-state index in [-0.39, 0.29) is 17.7 Å². The van der Waals surface area contributed by atoms with Gasteiger partial charge in [0.05, 0.1) is 16.3 Å². The van der Waals surface area contributed by atoms with Crippen molar-refractivity contribution in [3.8, 4) is 0 Å². The van der Waals surface area contributed by atoms with Crippen LogP contribution in [0.15, 0.2) is 36.5 Å². The Labute approximate surface area is 138 Å². The molecule has 0 saturated carbocycles. The van der Waals surface area contributed by atoms with E-state index in [4.69, 9.17) is 0 Å². The van der Waals surface area contributed by atoms with Crippen molar-refractivity contribution in [1.29, 1.82) is 0 Å². The maximum atomic E-state index is 12.6. The summed E-state index contributed by atoms with van der Waals surface area (Å²) >= 11 is 1.59. The summed E-state index contributed by atoms with van der Waals surface area (Å²) in [5.74, 6) is -0.230. The Balaban J connectivity index is 1.84. The molecule has 1 N–H and O–H groups in total. The van der Waals surface area contributed by atoms with Crippen LogP contribution in [0.3, 0.4) is 0 Å². The van der Waals surface area contributed by atoms with Gasteiger partial charge in [-0.1, -0.05) is 12.1 Å². The lowest BCUT2D eigenvalue weighted by atomic mass is 10.2. The summed E-state index contributed by atoms with van der Waals surface area (Å²) in [4.78, 5) is 33.0. The average molecular weight is 327 g/mol. The second kappa shape index (κ2) is 5.96. The highest BCUT2D eigenvalue weighted by atomic mass is 32.1. The third-order valence-electron chi connectivity index (χ3n) is 3.89. The lowest BCUT2D eigenvalue weighted by molar-refractivity contribution is 0.0737. The van der Waals surface area contributed by atoms with Crippen molar-refractivity contribution in [1.82, 2.24) is 14.9 Å². The number of Topliss-reactive ketones (excluding diaryl/α,β-unsaturated/α-hetero) is 1. The SMILES string of the molecule is CC(=O)c1c[nH]c(C(=O)N(C)[C@@H](C)c2nc3ccccc3s2)c1. The first-order valence-electron chi connectivity index (χ1n) is 7.29. The predicted molar refractivity (Wildman–Crippen MR) is 90.9 cm³/mol. The van der Waals surface area contributed by atoms with Crippen LogP contribution in [-0.2, 0) is 0 Å². The number of thiazole rings is 1. The number of para-hydroxylation sites is 1. The normalized spacial score (nSPS) is 12.3. The minimum absolute atomic E-state index is 0.0674.